The summed E-state index contributed by atoms with van der Waals surface area (Å²) in [6.07, 6.45) is 3.89. The molecule has 2 rings (SSSR count). The number of pyridine rings is 1. The number of fused-ring (bicyclic) bond motifs is 1. The summed E-state index contributed by atoms with van der Waals surface area (Å²) in [4.78, 5) is 16.5. The number of carbonyl (C=O) groups is 1. The number of para-hydroxylation sites is 1. The summed E-state index contributed by atoms with van der Waals surface area (Å²) in [5.41, 5.74) is 4.87. The fourth-order valence-electron chi connectivity index (χ4n) is 2.19. The average Bonchev–Trinajstić information content (AvgIpc) is 2.52. The Morgan fingerprint density at radius 3 is 2.52 bits per heavy atom. The summed E-state index contributed by atoms with van der Waals surface area (Å²) >= 11 is 0. The van der Waals surface area contributed by atoms with Crippen LogP contribution in [0.2, 0.25) is 0 Å². The summed E-state index contributed by atoms with van der Waals surface area (Å²) in [6, 6.07) is 11.4. The van der Waals surface area contributed by atoms with E-state index >= 15 is 0 Å². The van der Waals surface area contributed by atoms with E-state index < -0.39 is 0 Å². The molecule has 0 saturated carbocycles. The van der Waals surface area contributed by atoms with Crippen LogP contribution in [-0.2, 0) is 0 Å². The minimum Gasteiger partial charge on any atom is -0.266 e. The number of amides is 1. The average molecular weight is 283 g/mol. The SMILES string of the molecule is CCCC(CCC)=NNC(=O)c1ccc2ccccc2n1. The van der Waals surface area contributed by atoms with Crippen molar-refractivity contribution in [3.8, 4) is 0 Å². The van der Waals surface area contributed by atoms with Gasteiger partial charge in [-0.15, -0.1) is 0 Å². The molecule has 0 saturated heterocycles. The number of hydrogen-bond acceptors (Lipinski definition) is 3. The van der Waals surface area contributed by atoms with Crippen molar-refractivity contribution in [2.24, 2.45) is 5.10 Å². The van der Waals surface area contributed by atoms with Crippen LogP contribution >= 0.6 is 0 Å². The molecule has 2 aromatic rings. The van der Waals surface area contributed by atoms with Crippen molar-refractivity contribution in [1.82, 2.24) is 10.4 Å². The number of rotatable bonds is 6. The van der Waals surface area contributed by atoms with Crippen LogP contribution in [0.3, 0.4) is 0 Å². The molecule has 0 bridgehead atoms. The summed E-state index contributed by atoms with van der Waals surface area (Å²) < 4.78 is 0. The van der Waals surface area contributed by atoms with Crippen LogP contribution in [-0.4, -0.2) is 16.6 Å². The van der Waals surface area contributed by atoms with Gasteiger partial charge in [-0.2, -0.15) is 5.10 Å². The fraction of sp³-hybridized carbons (Fsp3) is 0.353. The lowest BCUT2D eigenvalue weighted by atomic mass is 10.1. The van der Waals surface area contributed by atoms with Crippen molar-refractivity contribution in [1.29, 1.82) is 0 Å². The van der Waals surface area contributed by atoms with E-state index in [4.69, 9.17) is 0 Å². The third-order valence-corrected chi connectivity index (χ3v) is 3.22. The van der Waals surface area contributed by atoms with Gasteiger partial charge in [0.25, 0.3) is 5.91 Å². The van der Waals surface area contributed by atoms with Crippen molar-refractivity contribution in [3.63, 3.8) is 0 Å². The second-order valence-electron chi connectivity index (χ2n) is 5.01. The van der Waals surface area contributed by atoms with Crippen LogP contribution in [0, 0.1) is 0 Å². The highest BCUT2D eigenvalue weighted by Crippen LogP contribution is 2.11. The normalized spacial score (nSPS) is 10.4. The highest BCUT2D eigenvalue weighted by Gasteiger charge is 2.07. The Hall–Kier alpha value is -2.23. The molecule has 1 heterocycles. The van der Waals surface area contributed by atoms with Gasteiger partial charge >= 0.3 is 0 Å². The third kappa shape index (κ3) is 4.12. The van der Waals surface area contributed by atoms with Crippen molar-refractivity contribution in [3.05, 3.63) is 42.1 Å². The molecular formula is C17H21N3O. The Morgan fingerprint density at radius 1 is 1.10 bits per heavy atom. The summed E-state index contributed by atoms with van der Waals surface area (Å²) in [7, 11) is 0. The van der Waals surface area contributed by atoms with Crippen molar-refractivity contribution < 1.29 is 4.79 Å². The van der Waals surface area contributed by atoms with Gasteiger partial charge in [0.15, 0.2) is 0 Å². The van der Waals surface area contributed by atoms with Crippen LogP contribution < -0.4 is 5.43 Å². The van der Waals surface area contributed by atoms with Gasteiger partial charge in [-0.25, -0.2) is 10.4 Å². The number of nitrogens with one attached hydrogen (secondary N) is 1. The molecule has 1 N–H and O–H groups in total. The zero-order valence-corrected chi connectivity index (χ0v) is 12.6. The van der Waals surface area contributed by atoms with Gasteiger partial charge < -0.3 is 0 Å². The van der Waals surface area contributed by atoms with Gasteiger partial charge in [0.2, 0.25) is 0 Å². The van der Waals surface area contributed by atoms with Crippen LogP contribution in [0.4, 0.5) is 0 Å². The minimum absolute atomic E-state index is 0.259. The monoisotopic (exact) mass is 283 g/mol. The van der Waals surface area contributed by atoms with Gasteiger partial charge in [0.05, 0.1) is 5.52 Å². The number of benzene rings is 1. The molecule has 0 fully saturated rings. The summed E-state index contributed by atoms with van der Waals surface area (Å²) in [5.74, 6) is -0.259. The van der Waals surface area contributed by atoms with Crippen LogP contribution in [0.25, 0.3) is 10.9 Å². The first kappa shape index (κ1) is 15.2. The predicted molar refractivity (Wildman–Crippen MR) is 86.5 cm³/mol. The quantitative estimate of drug-likeness (QED) is 0.645. The molecule has 1 amide bonds. The first-order valence-corrected chi connectivity index (χ1v) is 7.46. The van der Waals surface area contributed by atoms with E-state index in [0.29, 0.717) is 5.69 Å². The molecule has 0 aliphatic rings. The second kappa shape index (κ2) is 7.53. The topological polar surface area (TPSA) is 54.4 Å². The standard InChI is InChI=1S/C17H21N3O/c1-3-7-14(8-4-2)19-20-17(21)16-12-11-13-9-5-6-10-15(13)18-16/h5-6,9-12H,3-4,7-8H2,1-2H3,(H,20,21). The van der Waals surface area contributed by atoms with Crippen LogP contribution in [0.1, 0.15) is 50.0 Å². The molecular weight excluding hydrogens is 262 g/mol. The smallest absolute Gasteiger partial charge is 0.266 e. The maximum atomic E-state index is 12.1. The third-order valence-electron chi connectivity index (χ3n) is 3.22. The largest absolute Gasteiger partial charge is 0.289 e. The Balaban J connectivity index is 2.12. The van der Waals surface area contributed by atoms with Crippen molar-refractivity contribution in [2.45, 2.75) is 39.5 Å². The van der Waals surface area contributed by atoms with Crippen LogP contribution in [0.5, 0.6) is 0 Å². The summed E-state index contributed by atoms with van der Waals surface area (Å²) in [5, 5.41) is 5.26. The predicted octanol–water partition coefficient (Wildman–Crippen LogP) is 3.92. The Kier molecular flexibility index (Phi) is 5.43. The van der Waals surface area contributed by atoms with Gasteiger partial charge in [-0.3, -0.25) is 4.79 Å². The van der Waals surface area contributed by atoms with E-state index in [2.05, 4.69) is 29.4 Å². The lowest BCUT2D eigenvalue weighted by molar-refractivity contribution is 0.0950. The maximum absolute atomic E-state index is 12.1. The first-order chi connectivity index (χ1) is 10.2. The van der Waals surface area contributed by atoms with E-state index in [1.54, 1.807) is 6.07 Å². The Labute approximate surface area is 125 Å². The maximum Gasteiger partial charge on any atom is 0.289 e. The number of hydrogen-bond donors (Lipinski definition) is 1. The lowest BCUT2D eigenvalue weighted by Crippen LogP contribution is -2.20. The molecule has 0 radical (unpaired) electrons. The number of nitrogens with zero attached hydrogens (tertiary/aromatic N) is 2. The van der Waals surface area contributed by atoms with Crippen LogP contribution in [0.15, 0.2) is 41.5 Å². The van der Waals surface area contributed by atoms with E-state index in [-0.39, 0.29) is 5.91 Å². The zero-order valence-electron chi connectivity index (χ0n) is 12.6. The molecule has 0 atom stereocenters. The number of carbonyl (C=O) groups excluding carboxylic acids is 1. The highest BCUT2D eigenvalue weighted by molar-refractivity contribution is 5.96. The first-order valence-electron chi connectivity index (χ1n) is 7.46. The van der Waals surface area contributed by atoms with Crippen molar-refractivity contribution in [2.75, 3.05) is 0 Å². The zero-order chi connectivity index (χ0) is 15.1. The van der Waals surface area contributed by atoms with E-state index in [1.807, 2.05) is 30.3 Å². The van der Waals surface area contributed by atoms with Gasteiger partial charge in [-0.1, -0.05) is 51.0 Å². The van der Waals surface area contributed by atoms with Gasteiger partial charge in [0.1, 0.15) is 5.69 Å². The molecule has 4 heteroatoms. The molecule has 0 spiro atoms. The Bertz CT molecular complexity index is 641. The molecule has 1 aromatic carbocycles. The van der Waals surface area contributed by atoms with E-state index in [1.165, 1.54) is 0 Å². The lowest BCUT2D eigenvalue weighted by Gasteiger charge is -2.05. The highest BCUT2D eigenvalue weighted by atomic mass is 16.2. The Morgan fingerprint density at radius 2 is 1.81 bits per heavy atom. The molecule has 21 heavy (non-hydrogen) atoms. The fourth-order valence-corrected chi connectivity index (χ4v) is 2.19. The van der Waals surface area contributed by atoms with Gasteiger partial charge in [0, 0.05) is 11.1 Å². The molecule has 4 nitrogen and oxygen atoms in total. The molecule has 0 unspecified atom stereocenters. The second-order valence-corrected chi connectivity index (χ2v) is 5.01. The molecule has 1 aromatic heterocycles. The van der Waals surface area contributed by atoms with Gasteiger partial charge in [-0.05, 0) is 25.0 Å². The van der Waals surface area contributed by atoms with E-state index in [0.717, 1.165) is 42.3 Å². The molecule has 0 aliphatic carbocycles. The van der Waals surface area contributed by atoms with E-state index in [9.17, 15) is 4.79 Å². The molecule has 110 valence electrons. The summed E-state index contributed by atoms with van der Waals surface area (Å²) in [6.45, 7) is 4.22. The molecule has 0 aliphatic heterocycles. The number of hydrazone groups is 1. The van der Waals surface area contributed by atoms with Crippen molar-refractivity contribution >= 4 is 22.5 Å². The number of aromatic nitrogens is 1. The minimum atomic E-state index is -0.259.